The van der Waals surface area contributed by atoms with Gasteiger partial charge in [0.1, 0.15) is 0 Å². The fourth-order valence-corrected chi connectivity index (χ4v) is 3.17. The minimum atomic E-state index is 0.0953. The molecule has 2 aliphatic heterocycles. The molecule has 2 heterocycles. The number of amides is 2. The molecule has 0 bridgehead atoms. The van der Waals surface area contributed by atoms with Crippen molar-refractivity contribution >= 4 is 11.8 Å². The normalized spacial score (nSPS) is 21.8. The molecule has 0 saturated carbocycles. The SMILES string of the molecule is CCNC(=O)C1CCN(C(=O)CC2CCNCC2)CC1. The molecule has 2 rings (SSSR count). The van der Waals surface area contributed by atoms with Crippen molar-refractivity contribution in [2.75, 3.05) is 32.7 Å². The summed E-state index contributed by atoms with van der Waals surface area (Å²) in [5, 5.41) is 6.20. The van der Waals surface area contributed by atoms with Gasteiger partial charge in [-0.25, -0.2) is 0 Å². The highest BCUT2D eigenvalue weighted by Crippen LogP contribution is 2.21. The summed E-state index contributed by atoms with van der Waals surface area (Å²) in [4.78, 5) is 26.0. The number of carbonyl (C=O) groups is 2. The number of nitrogens with zero attached hydrogens (tertiary/aromatic N) is 1. The second-order valence-corrected chi connectivity index (χ2v) is 5.95. The Labute approximate surface area is 121 Å². The smallest absolute Gasteiger partial charge is 0.223 e. The number of hydrogen-bond acceptors (Lipinski definition) is 3. The number of hydrogen-bond donors (Lipinski definition) is 2. The van der Waals surface area contributed by atoms with E-state index in [0.717, 1.165) is 51.9 Å². The average Bonchev–Trinajstić information content (AvgIpc) is 2.48. The molecule has 2 aliphatic rings. The molecular weight excluding hydrogens is 254 g/mol. The van der Waals surface area contributed by atoms with Crippen molar-refractivity contribution in [1.82, 2.24) is 15.5 Å². The minimum absolute atomic E-state index is 0.0953. The number of likely N-dealkylation sites (tertiary alicyclic amines) is 1. The van der Waals surface area contributed by atoms with E-state index in [9.17, 15) is 9.59 Å². The molecule has 0 aromatic heterocycles. The van der Waals surface area contributed by atoms with Crippen LogP contribution in [-0.4, -0.2) is 49.4 Å². The van der Waals surface area contributed by atoms with Gasteiger partial charge in [-0.15, -0.1) is 0 Å². The Hall–Kier alpha value is -1.10. The second kappa shape index (κ2) is 7.62. The lowest BCUT2D eigenvalue weighted by molar-refractivity contribution is -0.136. The maximum Gasteiger partial charge on any atom is 0.223 e. The number of rotatable bonds is 4. The summed E-state index contributed by atoms with van der Waals surface area (Å²) in [6.07, 6.45) is 4.53. The summed E-state index contributed by atoms with van der Waals surface area (Å²) >= 11 is 0. The van der Waals surface area contributed by atoms with Crippen molar-refractivity contribution in [3.63, 3.8) is 0 Å². The van der Waals surface area contributed by atoms with Crippen molar-refractivity contribution in [1.29, 1.82) is 0 Å². The van der Waals surface area contributed by atoms with Crippen LogP contribution >= 0.6 is 0 Å². The van der Waals surface area contributed by atoms with Crippen LogP contribution in [0.3, 0.4) is 0 Å². The molecule has 20 heavy (non-hydrogen) atoms. The van der Waals surface area contributed by atoms with E-state index in [-0.39, 0.29) is 17.7 Å². The van der Waals surface area contributed by atoms with Gasteiger partial charge < -0.3 is 15.5 Å². The van der Waals surface area contributed by atoms with Gasteiger partial charge in [-0.2, -0.15) is 0 Å². The van der Waals surface area contributed by atoms with Gasteiger partial charge in [0.05, 0.1) is 0 Å². The van der Waals surface area contributed by atoms with Crippen LogP contribution in [0.25, 0.3) is 0 Å². The fourth-order valence-electron chi connectivity index (χ4n) is 3.17. The summed E-state index contributed by atoms with van der Waals surface area (Å²) in [7, 11) is 0. The first-order valence-electron chi connectivity index (χ1n) is 7.97. The Morgan fingerprint density at radius 1 is 1.15 bits per heavy atom. The molecule has 0 aromatic carbocycles. The monoisotopic (exact) mass is 281 g/mol. The van der Waals surface area contributed by atoms with Crippen LogP contribution in [0.5, 0.6) is 0 Å². The molecule has 0 spiro atoms. The van der Waals surface area contributed by atoms with Crippen LogP contribution in [0, 0.1) is 11.8 Å². The summed E-state index contributed by atoms with van der Waals surface area (Å²) in [5.41, 5.74) is 0. The lowest BCUT2D eigenvalue weighted by Crippen LogP contribution is -2.43. The Morgan fingerprint density at radius 2 is 1.80 bits per heavy atom. The first-order valence-corrected chi connectivity index (χ1v) is 7.97. The van der Waals surface area contributed by atoms with Crippen LogP contribution < -0.4 is 10.6 Å². The molecule has 0 radical (unpaired) electrons. The zero-order valence-corrected chi connectivity index (χ0v) is 12.5. The largest absolute Gasteiger partial charge is 0.356 e. The summed E-state index contributed by atoms with van der Waals surface area (Å²) in [6, 6.07) is 0. The number of nitrogens with one attached hydrogen (secondary N) is 2. The predicted octanol–water partition coefficient (Wildman–Crippen LogP) is 0.751. The maximum absolute atomic E-state index is 12.3. The van der Waals surface area contributed by atoms with Gasteiger partial charge in [0, 0.05) is 32.0 Å². The van der Waals surface area contributed by atoms with Gasteiger partial charge in [0.2, 0.25) is 11.8 Å². The highest BCUT2D eigenvalue weighted by molar-refractivity contribution is 5.80. The van der Waals surface area contributed by atoms with Crippen molar-refractivity contribution in [3.05, 3.63) is 0 Å². The van der Waals surface area contributed by atoms with Gasteiger partial charge in [-0.3, -0.25) is 9.59 Å². The molecule has 2 saturated heterocycles. The quantitative estimate of drug-likeness (QED) is 0.799. The fraction of sp³-hybridized carbons (Fsp3) is 0.867. The van der Waals surface area contributed by atoms with E-state index in [4.69, 9.17) is 0 Å². The molecule has 2 fully saturated rings. The molecule has 2 N–H and O–H groups in total. The standard InChI is InChI=1S/C15H27N3O2/c1-2-17-15(20)13-5-9-18(10-6-13)14(19)11-12-3-7-16-8-4-12/h12-13,16H,2-11H2,1H3,(H,17,20). The highest BCUT2D eigenvalue weighted by Gasteiger charge is 2.28. The van der Waals surface area contributed by atoms with Crippen molar-refractivity contribution in [2.24, 2.45) is 11.8 Å². The maximum atomic E-state index is 12.3. The van der Waals surface area contributed by atoms with Crippen molar-refractivity contribution in [3.8, 4) is 0 Å². The van der Waals surface area contributed by atoms with E-state index in [1.54, 1.807) is 0 Å². The van der Waals surface area contributed by atoms with Gasteiger partial charge in [0.25, 0.3) is 0 Å². The van der Waals surface area contributed by atoms with Gasteiger partial charge in [-0.1, -0.05) is 0 Å². The molecule has 5 heteroatoms. The zero-order chi connectivity index (χ0) is 14.4. The van der Waals surface area contributed by atoms with E-state index in [1.165, 1.54) is 0 Å². The molecule has 0 aromatic rings. The van der Waals surface area contributed by atoms with Crippen molar-refractivity contribution in [2.45, 2.75) is 39.0 Å². The molecular formula is C15H27N3O2. The van der Waals surface area contributed by atoms with Crippen LogP contribution in [0.15, 0.2) is 0 Å². The first-order chi connectivity index (χ1) is 9.70. The molecule has 5 nitrogen and oxygen atoms in total. The third kappa shape index (κ3) is 4.20. The van der Waals surface area contributed by atoms with Crippen LogP contribution in [-0.2, 0) is 9.59 Å². The minimum Gasteiger partial charge on any atom is -0.356 e. The lowest BCUT2D eigenvalue weighted by atomic mass is 9.92. The van der Waals surface area contributed by atoms with Gasteiger partial charge >= 0.3 is 0 Å². The van der Waals surface area contributed by atoms with Gasteiger partial charge in [0.15, 0.2) is 0 Å². The lowest BCUT2D eigenvalue weighted by Gasteiger charge is -2.33. The Morgan fingerprint density at radius 3 is 2.40 bits per heavy atom. The van der Waals surface area contributed by atoms with E-state index in [1.807, 2.05) is 11.8 Å². The van der Waals surface area contributed by atoms with E-state index in [2.05, 4.69) is 10.6 Å². The highest BCUT2D eigenvalue weighted by atomic mass is 16.2. The van der Waals surface area contributed by atoms with E-state index < -0.39 is 0 Å². The molecule has 0 unspecified atom stereocenters. The van der Waals surface area contributed by atoms with Crippen molar-refractivity contribution < 1.29 is 9.59 Å². The third-order valence-corrected chi connectivity index (χ3v) is 4.49. The van der Waals surface area contributed by atoms with Gasteiger partial charge in [-0.05, 0) is 51.6 Å². The number of carbonyl (C=O) groups excluding carboxylic acids is 2. The molecule has 0 atom stereocenters. The second-order valence-electron chi connectivity index (χ2n) is 5.95. The van der Waals surface area contributed by atoms with E-state index >= 15 is 0 Å². The zero-order valence-electron chi connectivity index (χ0n) is 12.5. The summed E-state index contributed by atoms with van der Waals surface area (Å²) in [5.74, 6) is 1.08. The molecule has 0 aliphatic carbocycles. The average molecular weight is 281 g/mol. The van der Waals surface area contributed by atoms with Crippen LogP contribution in [0.2, 0.25) is 0 Å². The summed E-state index contributed by atoms with van der Waals surface area (Å²) in [6.45, 7) is 6.19. The topological polar surface area (TPSA) is 61.4 Å². The Balaban J connectivity index is 1.72. The third-order valence-electron chi connectivity index (χ3n) is 4.49. The molecule has 114 valence electrons. The summed E-state index contributed by atoms with van der Waals surface area (Å²) < 4.78 is 0. The molecule has 2 amide bonds. The Bertz CT molecular complexity index is 332. The van der Waals surface area contributed by atoms with E-state index in [0.29, 0.717) is 18.9 Å². The first kappa shape index (κ1) is 15.3. The van der Waals surface area contributed by atoms with Crippen LogP contribution in [0.1, 0.15) is 39.0 Å². The predicted molar refractivity (Wildman–Crippen MR) is 78.2 cm³/mol. The number of piperidine rings is 2. The van der Waals surface area contributed by atoms with Crippen LogP contribution in [0.4, 0.5) is 0 Å². The Kier molecular flexibility index (Phi) is 5.83.